The quantitative estimate of drug-likeness (QED) is 0.811. The topological polar surface area (TPSA) is 85.0 Å². The first kappa shape index (κ1) is 15.2. The van der Waals surface area contributed by atoms with Crippen LogP contribution in [0.1, 0.15) is 32.1 Å². The number of anilines is 1. The molecule has 0 saturated heterocycles. The molecule has 0 aliphatic rings. The largest absolute Gasteiger partial charge is 0.360 e. The van der Waals surface area contributed by atoms with Crippen molar-refractivity contribution < 1.29 is 9.32 Å². The summed E-state index contributed by atoms with van der Waals surface area (Å²) in [4.78, 5) is 11.8. The van der Waals surface area contributed by atoms with Crippen LogP contribution in [0.5, 0.6) is 0 Å². The second-order valence-electron chi connectivity index (χ2n) is 5.09. The molecule has 2 rings (SSSR count). The average molecular weight is 291 g/mol. The van der Waals surface area contributed by atoms with Gasteiger partial charge in [0.15, 0.2) is 5.82 Å². The third-order valence-electron chi connectivity index (χ3n) is 3.38. The van der Waals surface area contributed by atoms with Gasteiger partial charge in [-0.3, -0.25) is 9.48 Å². The van der Waals surface area contributed by atoms with Crippen molar-refractivity contribution in [1.82, 2.24) is 20.3 Å². The maximum Gasteiger partial charge on any atom is 0.226 e. The summed E-state index contributed by atoms with van der Waals surface area (Å²) in [6, 6.07) is 4.03. The van der Waals surface area contributed by atoms with Gasteiger partial charge in [-0.1, -0.05) is 5.16 Å². The van der Waals surface area contributed by atoms with Gasteiger partial charge in [0.2, 0.25) is 5.91 Å². The van der Waals surface area contributed by atoms with Crippen LogP contribution in [0.25, 0.3) is 0 Å². The van der Waals surface area contributed by atoms with E-state index in [1.54, 1.807) is 19.2 Å². The highest BCUT2D eigenvalue weighted by Gasteiger charge is 2.14. The lowest BCUT2D eigenvalue weighted by Crippen LogP contribution is -2.35. The van der Waals surface area contributed by atoms with Crippen LogP contribution in [-0.2, 0) is 4.79 Å². The first-order chi connectivity index (χ1) is 10.1. The van der Waals surface area contributed by atoms with Gasteiger partial charge in [0.1, 0.15) is 5.76 Å². The molecule has 0 aliphatic carbocycles. The van der Waals surface area contributed by atoms with E-state index in [9.17, 15) is 4.79 Å². The lowest BCUT2D eigenvalue weighted by Gasteiger charge is -2.21. The third-order valence-corrected chi connectivity index (χ3v) is 3.38. The number of carbonyl (C=O) groups excluding carboxylic acids is 1. The number of hydrogen-bond acceptors (Lipinski definition) is 5. The number of carbonyl (C=O) groups is 1. The molecule has 21 heavy (non-hydrogen) atoms. The molecule has 2 atom stereocenters. The summed E-state index contributed by atoms with van der Waals surface area (Å²) in [7, 11) is 0. The zero-order chi connectivity index (χ0) is 15.2. The van der Waals surface area contributed by atoms with Crippen molar-refractivity contribution >= 4 is 11.7 Å². The van der Waals surface area contributed by atoms with Gasteiger partial charge < -0.3 is 15.2 Å². The number of nitrogens with zero attached hydrogens (tertiary/aromatic N) is 3. The molecule has 2 heterocycles. The fourth-order valence-corrected chi connectivity index (χ4v) is 1.97. The molecular formula is C14H21N5O2. The Balaban J connectivity index is 1.70. The average Bonchev–Trinajstić information content (AvgIpc) is 3.09. The van der Waals surface area contributed by atoms with Crippen molar-refractivity contribution in [3.8, 4) is 0 Å². The first-order valence-corrected chi connectivity index (χ1v) is 7.02. The molecule has 1 amide bonds. The summed E-state index contributed by atoms with van der Waals surface area (Å²) in [5.74, 6) is 1.04. The normalized spacial score (nSPS) is 13.9. The Kier molecular flexibility index (Phi) is 5.10. The minimum atomic E-state index is -0.0882. The van der Waals surface area contributed by atoms with Gasteiger partial charge >= 0.3 is 0 Å². The summed E-state index contributed by atoms with van der Waals surface area (Å²) in [6.07, 6.45) is 4.07. The Hall–Kier alpha value is -2.15. The van der Waals surface area contributed by atoms with Gasteiger partial charge in [-0.05, 0) is 26.8 Å². The molecule has 114 valence electrons. The van der Waals surface area contributed by atoms with Gasteiger partial charge in [-0.25, -0.2) is 0 Å². The van der Waals surface area contributed by atoms with Gasteiger partial charge in [-0.15, -0.1) is 0 Å². The van der Waals surface area contributed by atoms with Crippen molar-refractivity contribution in [2.45, 2.75) is 39.3 Å². The molecule has 0 aliphatic heterocycles. The molecule has 2 aromatic rings. The van der Waals surface area contributed by atoms with Crippen molar-refractivity contribution in [2.75, 3.05) is 11.9 Å². The molecule has 0 saturated carbocycles. The fraction of sp³-hybridized carbons (Fsp3) is 0.500. The Morgan fingerprint density at radius 2 is 2.29 bits per heavy atom. The molecule has 0 spiro atoms. The van der Waals surface area contributed by atoms with E-state index in [2.05, 4.69) is 34.7 Å². The minimum absolute atomic E-state index is 0.0882. The van der Waals surface area contributed by atoms with Crippen molar-refractivity contribution in [1.29, 1.82) is 0 Å². The molecular weight excluding hydrogens is 270 g/mol. The van der Waals surface area contributed by atoms with Crippen LogP contribution in [-0.4, -0.2) is 33.4 Å². The van der Waals surface area contributed by atoms with Crippen molar-refractivity contribution in [3.63, 3.8) is 0 Å². The molecule has 0 radical (unpaired) electrons. The number of aryl methyl sites for hydroxylation is 1. The zero-order valence-electron chi connectivity index (χ0n) is 12.5. The monoisotopic (exact) mass is 291 g/mol. The predicted molar refractivity (Wildman–Crippen MR) is 78.9 cm³/mol. The number of rotatable bonds is 7. The Morgan fingerprint density at radius 3 is 2.90 bits per heavy atom. The number of amides is 1. The van der Waals surface area contributed by atoms with Crippen LogP contribution in [0.2, 0.25) is 0 Å². The maximum absolute atomic E-state index is 11.8. The van der Waals surface area contributed by atoms with Crippen LogP contribution >= 0.6 is 0 Å². The summed E-state index contributed by atoms with van der Waals surface area (Å²) >= 11 is 0. The lowest BCUT2D eigenvalue weighted by molar-refractivity contribution is -0.116. The van der Waals surface area contributed by atoms with Crippen molar-refractivity contribution in [2.24, 2.45) is 0 Å². The van der Waals surface area contributed by atoms with E-state index in [4.69, 9.17) is 4.52 Å². The van der Waals surface area contributed by atoms with E-state index in [-0.39, 0.29) is 18.0 Å². The summed E-state index contributed by atoms with van der Waals surface area (Å²) < 4.78 is 6.79. The highest BCUT2D eigenvalue weighted by atomic mass is 16.5. The van der Waals surface area contributed by atoms with E-state index >= 15 is 0 Å². The number of nitrogens with one attached hydrogen (secondary N) is 2. The SMILES string of the molecule is Cc1cc(NC(=O)CCNC(C)C(C)n2cccn2)no1. The predicted octanol–water partition coefficient (Wildman–Crippen LogP) is 1.75. The maximum atomic E-state index is 11.8. The second-order valence-corrected chi connectivity index (χ2v) is 5.09. The Morgan fingerprint density at radius 1 is 1.48 bits per heavy atom. The van der Waals surface area contributed by atoms with E-state index in [1.165, 1.54) is 0 Å². The van der Waals surface area contributed by atoms with E-state index in [0.29, 0.717) is 24.5 Å². The molecule has 2 N–H and O–H groups in total. The number of hydrogen-bond donors (Lipinski definition) is 2. The van der Waals surface area contributed by atoms with E-state index in [0.717, 1.165) is 0 Å². The van der Waals surface area contributed by atoms with Crippen LogP contribution in [0.4, 0.5) is 5.82 Å². The third kappa shape index (κ3) is 4.42. The Bertz CT molecular complexity index is 564. The molecule has 2 unspecified atom stereocenters. The molecule has 7 nitrogen and oxygen atoms in total. The standard InChI is InChI=1S/C14H21N5O2/c1-10-9-13(18-21-10)17-14(20)5-7-15-11(2)12(3)19-8-4-6-16-19/h4,6,8-9,11-12,15H,5,7H2,1-3H3,(H,17,18,20). The highest BCUT2D eigenvalue weighted by molar-refractivity contribution is 5.89. The highest BCUT2D eigenvalue weighted by Crippen LogP contribution is 2.09. The van der Waals surface area contributed by atoms with Gasteiger partial charge in [0.25, 0.3) is 0 Å². The molecule has 0 bridgehead atoms. The smallest absolute Gasteiger partial charge is 0.226 e. The summed E-state index contributed by atoms with van der Waals surface area (Å²) in [5.41, 5.74) is 0. The van der Waals surface area contributed by atoms with Crippen LogP contribution in [0.15, 0.2) is 29.0 Å². The van der Waals surface area contributed by atoms with E-state index < -0.39 is 0 Å². The van der Waals surface area contributed by atoms with Crippen molar-refractivity contribution in [3.05, 3.63) is 30.3 Å². The number of aromatic nitrogens is 3. The van der Waals surface area contributed by atoms with E-state index in [1.807, 2.05) is 16.9 Å². The van der Waals surface area contributed by atoms with Gasteiger partial charge in [-0.2, -0.15) is 5.10 Å². The molecule has 7 heteroatoms. The summed E-state index contributed by atoms with van der Waals surface area (Å²) in [5, 5.41) is 14.0. The minimum Gasteiger partial charge on any atom is -0.360 e. The zero-order valence-corrected chi connectivity index (χ0v) is 12.5. The van der Waals surface area contributed by atoms with Gasteiger partial charge in [0.05, 0.1) is 6.04 Å². The Labute approximate surface area is 123 Å². The van der Waals surface area contributed by atoms with Gasteiger partial charge in [0, 0.05) is 37.5 Å². The van der Waals surface area contributed by atoms with Crippen LogP contribution in [0, 0.1) is 6.92 Å². The molecule has 0 fully saturated rings. The first-order valence-electron chi connectivity index (χ1n) is 7.02. The molecule has 0 aromatic carbocycles. The fourth-order valence-electron chi connectivity index (χ4n) is 1.97. The van der Waals surface area contributed by atoms with Crippen LogP contribution < -0.4 is 10.6 Å². The molecule has 2 aromatic heterocycles. The summed E-state index contributed by atoms with van der Waals surface area (Å²) in [6.45, 7) is 6.53. The van der Waals surface area contributed by atoms with Crippen LogP contribution in [0.3, 0.4) is 0 Å². The second kappa shape index (κ2) is 7.03. The lowest BCUT2D eigenvalue weighted by atomic mass is 10.1.